The Morgan fingerprint density at radius 2 is 2.06 bits per heavy atom. The van der Waals surface area contributed by atoms with Gasteiger partial charge in [0.1, 0.15) is 0 Å². The Morgan fingerprint density at radius 1 is 1.41 bits per heavy atom. The van der Waals surface area contributed by atoms with Gasteiger partial charge >= 0.3 is 0 Å². The first-order chi connectivity index (χ1) is 8.12. The van der Waals surface area contributed by atoms with Crippen LogP contribution in [-0.4, -0.2) is 42.5 Å². The number of rotatable bonds is 7. The van der Waals surface area contributed by atoms with Crippen LogP contribution in [0.5, 0.6) is 0 Å². The molecule has 0 bridgehead atoms. The second-order valence-corrected chi connectivity index (χ2v) is 5.83. The topological polar surface area (TPSA) is 47.6 Å². The molecule has 1 heterocycles. The van der Waals surface area contributed by atoms with Crippen molar-refractivity contribution in [1.29, 1.82) is 0 Å². The van der Waals surface area contributed by atoms with Crippen LogP contribution >= 0.6 is 11.8 Å². The highest BCUT2D eigenvalue weighted by molar-refractivity contribution is 8.01. The van der Waals surface area contributed by atoms with Crippen molar-refractivity contribution in [1.82, 2.24) is 5.32 Å². The molecule has 0 spiro atoms. The lowest BCUT2D eigenvalue weighted by Crippen LogP contribution is -2.44. The smallest absolute Gasteiger partial charge is 0.236 e. The fraction of sp³-hybridized carbons (Fsp3) is 0.917. The van der Waals surface area contributed by atoms with Crippen molar-refractivity contribution in [3.63, 3.8) is 0 Å². The third-order valence-electron chi connectivity index (χ3n) is 2.83. The van der Waals surface area contributed by atoms with Gasteiger partial charge in [-0.25, -0.2) is 0 Å². The Balaban J connectivity index is 2.34. The largest absolute Gasteiger partial charge is 0.351 e. The summed E-state index contributed by atoms with van der Waals surface area (Å²) >= 11 is 1.74. The summed E-state index contributed by atoms with van der Waals surface area (Å²) in [6.07, 6.45) is 1.75. The van der Waals surface area contributed by atoms with Gasteiger partial charge in [0.2, 0.25) is 5.91 Å². The van der Waals surface area contributed by atoms with Crippen molar-refractivity contribution in [2.75, 3.05) is 25.5 Å². The molecule has 0 aromatic rings. The summed E-state index contributed by atoms with van der Waals surface area (Å²) in [5, 5.41) is 2.93. The van der Waals surface area contributed by atoms with Crippen LogP contribution in [0.4, 0.5) is 0 Å². The summed E-state index contributed by atoms with van der Waals surface area (Å²) in [7, 11) is 0. The minimum absolute atomic E-state index is 0.101. The highest BCUT2D eigenvalue weighted by Crippen LogP contribution is 2.37. The van der Waals surface area contributed by atoms with E-state index in [1.807, 2.05) is 20.8 Å². The molecule has 1 unspecified atom stereocenters. The predicted octanol–water partition coefficient (Wildman–Crippen LogP) is 1.79. The first-order valence-corrected chi connectivity index (χ1v) is 7.26. The molecule has 1 N–H and O–H groups in total. The Bertz CT molecular complexity index is 236. The minimum Gasteiger partial charge on any atom is -0.351 e. The summed E-state index contributed by atoms with van der Waals surface area (Å²) in [6.45, 7) is 7.45. The molecule has 0 saturated carbocycles. The molecule has 17 heavy (non-hydrogen) atoms. The van der Waals surface area contributed by atoms with Gasteiger partial charge in [0, 0.05) is 13.2 Å². The van der Waals surface area contributed by atoms with Gasteiger partial charge in [0.15, 0.2) is 6.29 Å². The van der Waals surface area contributed by atoms with Gasteiger partial charge in [0.25, 0.3) is 0 Å². The quantitative estimate of drug-likeness (QED) is 0.710. The van der Waals surface area contributed by atoms with Crippen LogP contribution in [0.25, 0.3) is 0 Å². The number of thioether (sulfide) groups is 1. The predicted molar refractivity (Wildman–Crippen MR) is 70.1 cm³/mol. The van der Waals surface area contributed by atoms with Crippen molar-refractivity contribution in [2.24, 2.45) is 0 Å². The fourth-order valence-corrected chi connectivity index (χ4v) is 3.09. The average Bonchev–Trinajstić information content (AvgIpc) is 2.74. The summed E-state index contributed by atoms with van der Waals surface area (Å²) < 4.78 is 10.5. The maximum absolute atomic E-state index is 12.0. The summed E-state index contributed by atoms with van der Waals surface area (Å²) in [5.74, 6) is 1.17. The van der Waals surface area contributed by atoms with Gasteiger partial charge in [0.05, 0.1) is 11.3 Å². The number of hydrogen-bond acceptors (Lipinski definition) is 4. The number of hydrogen-bond donors (Lipinski definition) is 1. The van der Waals surface area contributed by atoms with Crippen LogP contribution in [-0.2, 0) is 14.3 Å². The van der Waals surface area contributed by atoms with Gasteiger partial charge in [-0.15, -0.1) is 11.8 Å². The Labute approximate surface area is 108 Å². The standard InChI is InChI=1S/C12H23NO3S/c1-4-15-10(16-5-2)9-13-11(14)12(3)7-6-8-17-12/h10H,4-9H2,1-3H3,(H,13,14). The molecular weight excluding hydrogens is 238 g/mol. The van der Waals surface area contributed by atoms with Crippen LogP contribution in [0.3, 0.4) is 0 Å². The molecule has 1 fully saturated rings. The van der Waals surface area contributed by atoms with Crippen LogP contribution in [0.15, 0.2) is 0 Å². The Morgan fingerprint density at radius 3 is 2.53 bits per heavy atom. The Hall–Kier alpha value is -0.260. The second-order valence-electron chi connectivity index (χ2n) is 4.23. The number of nitrogens with one attached hydrogen (secondary N) is 1. The first kappa shape index (κ1) is 14.8. The molecular formula is C12H23NO3S. The SMILES string of the molecule is CCOC(CNC(=O)C1(C)CCCS1)OCC. The van der Waals surface area contributed by atoms with Crippen molar-refractivity contribution in [3.05, 3.63) is 0 Å². The molecule has 0 radical (unpaired) electrons. The monoisotopic (exact) mass is 261 g/mol. The molecule has 1 amide bonds. The molecule has 1 atom stereocenters. The maximum Gasteiger partial charge on any atom is 0.236 e. The lowest BCUT2D eigenvalue weighted by molar-refractivity contribution is -0.141. The summed E-state index contributed by atoms with van der Waals surface area (Å²) in [4.78, 5) is 12.0. The molecule has 1 saturated heterocycles. The van der Waals surface area contributed by atoms with E-state index < -0.39 is 0 Å². The molecule has 0 aromatic heterocycles. The molecule has 0 aromatic carbocycles. The van der Waals surface area contributed by atoms with E-state index in [-0.39, 0.29) is 16.9 Å². The molecule has 1 aliphatic heterocycles. The zero-order valence-corrected chi connectivity index (χ0v) is 11.8. The van der Waals surface area contributed by atoms with Gasteiger partial charge in [-0.3, -0.25) is 4.79 Å². The van der Waals surface area contributed by atoms with E-state index >= 15 is 0 Å². The van der Waals surface area contributed by atoms with Gasteiger partial charge < -0.3 is 14.8 Å². The Kier molecular flexibility index (Phi) is 6.30. The van der Waals surface area contributed by atoms with Gasteiger partial charge in [-0.2, -0.15) is 0 Å². The molecule has 100 valence electrons. The van der Waals surface area contributed by atoms with Crippen molar-refractivity contribution in [3.8, 4) is 0 Å². The van der Waals surface area contributed by atoms with E-state index in [0.29, 0.717) is 19.8 Å². The van der Waals surface area contributed by atoms with Crippen LogP contribution in [0.1, 0.15) is 33.6 Å². The van der Waals surface area contributed by atoms with E-state index in [1.165, 1.54) is 0 Å². The summed E-state index contributed by atoms with van der Waals surface area (Å²) in [6, 6.07) is 0. The maximum atomic E-state index is 12.0. The van der Waals surface area contributed by atoms with Crippen molar-refractivity contribution >= 4 is 17.7 Å². The number of amides is 1. The van der Waals surface area contributed by atoms with Crippen LogP contribution in [0.2, 0.25) is 0 Å². The third-order valence-corrected chi connectivity index (χ3v) is 4.35. The first-order valence-electron chi connectivity index (χ1n) is 6.28. The lowest BCUT2D eigenvalue weighted by Gasteiger charge is -2.24. The van der Waals surface area contributed by atoms with Crippen molar-refractivity contribution < 1.29 is 14.3 Å². The van der Waals surface area contributed by atoms with E-state index in [2.05, 4.69) is 5.32 Å². The highest BCUT2D eigenvalue weighted by atomic mass is 32.2. The molecule has 1 rings (SSSR count). The second kappa shape index (κ2) is 7.24. The van der Waals surface area contributed by atoms with E-state index in [4.69, 9.17) is 9.47 Å². The molecule has 4 nitrogen and oxygen atoms in total. The molecule has 0 aliphatic carbocycles. The van der Waals surface area contributed by atoms with E-state index in [0.717, 1.165) is 18.6 Å². The summed E-state index contributed by atoms with van der Waals surface area (Å²) in [5.41, 5.74) is 0. The van der Waals surface area contributed by atoms with Crippen LogP contribution in [0, 0.1) is 0 Å². The average molecular weight is 261 g/mol. The minimum atomic E-state index is -0.330. The van der Waals surface area contributed by atoms with Crippen LogP contribution < -0.4 is 5.32 Å². The number of carbonyl (C=O) groups excluding carboxylic acids is 1. The normalized spacial score (nSPS) is 24.2. The van der Waals surface area contributed by atoms with Crippen molar-refractivity contribution in [2.45, 2.75) is 44.6 Å². The van der Waals surface area contributed by atoms with Gasteiger partial charge in [-0.1, -0.05) is 0 Å². The highest BCUT2D eigenvalue weighted by Gasteiger charge is 2.37. The molecule has 1 aliphatic rings. The van der Waals surface area contributed by atoms with E-state index in [1.54, 1.807) is 11.8 Å². The fourth-order valence-electron chi connectivity index (χ4n) is 1.86. The number of carbonyl (C=O) groups is 1. The zero-order valence-electron chi connectivity index (χ0n) is 11.0. The number of ether oxygens (including phenoxy) is 2. The zero-order chi connectivity index (χ0) is 12.7. The third kappa shape index (κ3) is 4.48. The van der Waals surface area contributed by atoms with E-state index in [9.17, 15) is 4.79 Å². The van der Waals surface area contributed by atoms with Gasteiger partial charge in [-0.05, 0) is 39.4 Å². The molecule has 5 heteroatoms. The lowest BCUT2D eigenvalue weighted by atomic mass is 10.1.